The molecule has 0 unspecified atom stereocenters. The number of hydrogen-bond acceptors (Lipinski definition) is 5. The molecule has 1 amide bonds. The first-order valence-electron chi connectivity index (χ1n) is 5.45. The zero-order valence-corrected chi connectivity index (χ0v) is 11.8. The topological polar surface area (TPSA) is 98.3 Å². The third-order valence-electron chi connectivity index (χ3n) is 2.38. The van der Waals surface area contributed by atoms with E-state index in [9.17, 15) is 14.9 Å². The van der Waals surface area contributed by atoms with Crippen LogP contribution in [0.5, 0.6) is 0 Å². The van der Waals surface area contributed by atoms with E-state index in [0.717, 1.165) is 5.75 Å². The molecule has 0 bridgehead atoms. The number of carbonyl (C=O) groups excluding carboxylic acids is 1. The van der Waals surface area contributed by atoms with E-state index in [1.807, 2.05) is 6.26 Å². The number of hydrogen-bond donors (Lipinski definition) is 2. The fourth-order valence-electron chi connectivity index (χ4n) is 1.34. The summed E-state index contributed by atoms with van der Waals surface area (Å²) < 4.78 is 0. The van der Waals surface area contributed by atoms with E-state index < -0.39 is 11.0 Å². The van der Waals surface area contributed by atoms with E-state index in [4.69, 9.17) is 17.3 Å². The highest BCUT2D eigenvalue weighted by atomic mass is 35.5. The van der Waals surface area contributed by atoms with Gasteiger partial charge in [-0.05, 0) is 30.6 Å². The number of thioether (sulfide) groups is 1. The van der Waals surface area contributed by atoms with E-state index in [-0.39, 0.29) is 16.6 Å². The van der Waals surface area contributed by atoms with Crippen molar-refractivity contribution in [1.82, 2.24) is 0 Å². The molecule has 104 valence electrons. The van der Waals surface area contributed by atoms with Crippen molar-refractivity contribution in [2.24, 2.45) is 5.73 Å². The SMILES string of the molecule is CSCC[C@@H](N)C(=O)Nc1ccc([N+](=O)[O-])c(Cl)c1. The Kier molecular flexibility index (Phi) is 6.07. The molecule has 8 heteroatoms. The average Bonchev–Trinajstić information content (AvgIpc) is 2.35. The minimum atomic E-state index is -0.610. The first kappa shape index (κ1) is 15.7. The minimum Gasteiger partial charge on any atom is -0.325 e. The van der Waals surface area contributed by atoms with Crippen molar-refractivity contribution in [2.45, 2.75) is 12.5 Å². The van der Waals surface area contributed by atoms with Crippen LogP contribution in [-0.4, -0.2) is 28.9 Å². The van der Waals surface area contributed by atoms with Gasteiger partial charge in [-0.25, -0.2) is 0 Å². The number of benzene rings is 1. The van der Waals surface area contributed by atoms with Crippen molar-refractivity contribution >= 4 is 40.6 Å². The molecule has 0 radical (unpaired) electrons. The van der Waals surface area contributed by atoms with Crippen LogP contribution in [0.2, 0.25) is 5.02 Å². The molecule has 0 aromatic heterocycles. The number of anilines is 1. The third-order valence-corrected chi connectivity index (χ3v) is 3.33. The maximum absolute atomic E-state index is 11.7. The highest BCUT2D eigenvalue weighted by molar-refractivity contribution is 7.98. The number of nitrogens with two attached hydrogens (primary N) is 1. The molecule has 0 aliphatic heterocycles. The summed E-state index contributed by atoms with van der Waals surface area (Å²) in [5, 5.41) is 13.1. The van der Waals surface area contributed by atoms with Gasteiger partial charge in [0.1, 0.15) is 5.02 Å². The number of rotatable bonds is 6. The van der Waals surface area contributed by atoms with Crippen molar-refractivity contribution in [3.05, 3.63) is 33.3 Å². The predicted molar refractivity (Wildman–Crippen MR) is 77.7 cm³/mol. The molecular weight excluding hydrogens is 290 g/mol. The fourth-order valence-corrected chi connectivity index (χ4v) is 2.08. The number of amides is 1. The smallest absolute Gasteiger partial charge is 0.288 e. The molecule has 0 aliphatic carbocycles. The van der Waals surface area contributed by atoms with E-state index in [1.165, 1.54) is 18.2 Å². The molecule has 1 aromatic carbocycles. The summed E-state index contributed by atoms with van der Waals surface area (Å²) in [7, 11) is 0. The molecule has 1 aromatic rings. The summed E-state index contributed by atoms with van der Waals surface area (Å²) >= 11 is 7.35. The third kappa shape index (κ3) is 4.70. The summed E-state index contributed by atoms with van der Waals surface area (Å²) in [5.41, 5.74) is 5.89. The summed E-state index contributed by atoms with van der Waals surface area (Å²) in [6, 6.07) is 3.38. The van der Waals surface area contributed by atoms with Crippen molar-refractivity contribution in [2.75, 3.05) is 17.3 Å². The monoisotopic (exact) mass is 303 g/mol. The van der Waals surface area contributed by atoms with Crippen LogP contribution in [-0.2, 0) is 4.79 Å². The van der Waals surface area contributed by atoms with Crippen LogP contribution in [0.1, 0.15) is 6.42 Å². The van der Waals surface area contributed by atoms with Gasteiger partial charge in [-0.15, -0.1) is 0 Å². The normalized spacial score (nSPS) is 11.9. The number of nitro benzene ring substituents is 1. The lowest BCUT2D eigenvalue weighted by Crippen LogP contribution is -2.36. The highest BCUT2D eigenvalue weighted by Crippen LogP contribution is 2.27. The van der Waals surface area contributed by atoms with Gasteiger partial charge < -0.3 is 11.1 Å². The lowest BCUT2D eigenvalue weighted by atomic mass is 10.2. The molecular formula is C11H14ClN3O3S. The van der Waals surface area contributed by atoms with Crippen LogP contribution in [0.15, 0.2) is 18.2 Å². The van der Waals surface area contributed by atoms with Crippen LogP contribution in [0.25, 0.3) is 0 Å². The maximum atomic E-state index is 11.7. The second-order valence-corrected chi connectivity index (χ2v) is 5.19. The Balaban J connectivity index is 2.70. The molecule has 0 heterocycles. The molecule has 0 fully saturated rings. The summed E-state index contributed by atoms with van der Waals surface area (Å²) in [5.74, 6) is 0.453. The molecule has 3 N–H and O–H groups in total. The first-order valence-corrected chi connectivity index (χ1v) is 7.22. The maximum Gasteiger partial charge on any atom is 0.288 e. The van der Waals surface area contributed by atoms with Crippen LogP contribution in [0, 0.1) is 10.1 Å². The molecule has 0 aliphatic rings. The van der Waals surface area contributed by atoms with Crippen LogP contribution in [0.3, 0.4) is 0 Å². The predicted octanol–water partition coefficient (Wildman–Crippen LogP) is 2.27. The molecule has 1 rings (SSSR count). The number of nitrogens with one attached hydrogen (secondary N) is 1. The number of nitro groups is 1. The Morgan fingerprint density at radius 1 is 1.63 bits per heavy atom. The van der Waals surface area contributed by atoms with Gasteiger partial charge in [0.2, 0.25) is 5.91 Å². The van der Waals surface area contributed by atoms with E-state index in [2.05, 4.69) is 5.32 Å². The summed E-state index contributed by atoms with van der Waals surface area (Å²) in [4.78, 5) is 21.7. The zero-order chi connectivity index (χ0) is 14.4. The van der Waals surface area contributed by atoms with Gasteiger partial charge in [0, 0.05) is 11.8 Å². The van der Waals surface area contributed by atoms with Gasteiger partial charge in [-0.2, -0.15) is 11.8 Å². The van der Waals surface area contributed by atoms with Crippen molar-refractivity contribution in [1.29, 1.82) is 0 Å². The Labute approximate surface area is 119 Å². The van der Waals surface area contributed by atoms with Crippen molar-refractivity contribution < 1.29 is 9.72 Å². The van der Waals surface area contributed by atoms with Gasteiger partial charge in [-0.1, -0.05) is 11.6 Å². The van der Waals surface area contributed by atoms with Gasteiger partial charge in [0.05, 0.1) is 11.0 Å². The van der Waals surface area contributed by atoms with E-state index in [1.54, 1.807) is 11.8 Å². The second kappa shape index (κ2) is 7.32. The standard InChI is InChI=1S/C11H14ClN3O3S/c1-19-5-4-9(13)11(16)14-7-2-3-10(15(17)18)8(12)6-7/h2-3,6,9H,4-5,13H2,1H3,(H,14,16)/t9-/m1/s1. The van der Waals surface area contributed by atoms with Crippen LogP contribution < -0.4 is 11.1 Å². The van der Waals surface area contributed by atoms with Gasteiger partial charge in [0.15, 0.2) is 0 Å². The van der Waals surface area contributed by atoms with Crippen molar-refractivity contribution in [3.8, 4) is 0 Å². The molecule has 0 spiro atoms. The zero-order valence-electron chi connectivity index (χ0n) is 10.3. The van der Waals surface area contributed by atoms with E-state index >= 15 is 0 Å². The Morgan fingerprint density at radius 3 is 2.84 bits per heavy atom. The molecule has 0 saturated carbocycles. The van der Waals surface area contributed by atoms with Crippen LogP contribution in [0.4, 0.5) is 11.4 Å². The summed E-state index contributed by atoms with van der Waals surface area (Å²) in [6.45, 7) is 0. The number of halogens is 1. The van der Waals surface area contributed by atoms with Crippen LogP contribution >= 0.6 is 23.4 Å². The lowest BCUT2D eigenvalue weighted by Gasteiger charge is -2.11. The van der Waals surface area contributed by atoms with Gasteiger partial charge >= 0.3 is 0 Å². The highest BCUT2D eigenvalue weighted by Gasteiger charge is 2.16. The quantitative estimate of drug-likeness (QED) is 0.620. The average molecular weight is 304 g/mol. The second-order valence-electron chi connectivity index (χ2n) is 3.80. The number of carbonyl (C=O) groups is 1. The Hall–Kier alpha value is -1.31. The summed E-state index contributed by atoms with van der Waals surface area (Å²) in [6.07, 6.45) is 2.49. The first-order chi connectivity index (χ1) is 8.95. The largest absolute Gasteiger partial charge is 0.325 e. The Morgan fingerprint density at radius 2 is 2.32 bits per heavy atom. The molecule has 19 heavy (non-hydrogen) atoms. The molecule has 6 nitrogen and oxygen atoms in total. The number of nitrogens with zero attached hydrogens (tertiary/aromatic N) is 1. The van der Waals surface area contributed by atoms with Crippen molar-refractivity contribution in [3.63, 3.8) is 0 Å². The Bertz CT molecular complexity index is 484. The fraction of sp³-hybridized carbons (Fsp3) is 0.364. The lowest BCUT2D eigenvalue weighted by molar-refractivity contribution is -0.384. The molecule has 0 saturated heterocycles. The minimum absolute atomic E-state index is 0.0273. The molecule has 1 atom stereocenters. The van der Waals surface area contributed by atoms with E-state index in [0.29, 0.717) is 12.1 Å². The van der Waals surface area contributed by atoms with Gasteiger partial charge in [0.25, 0.3) is 5.69 Å². The van der Waals surface area contributed by atoms with Gasteiger partial charge in [-0.3, -0.25) is 14.9 Å².